The van der Waals surface area contributed by atoms with Gasteiger partial charge < -0.3 is 15.5 Å². The summed E-state index contributed by atoms with van der Waals surface area (Å²) in [4.78, 5) is 26.2. The first-order valence-corrected chi connectivity index (χ1v) is 9.07. The molecule has 0 aliphatic rings. The number of hydrogen-bond acceptors (Lipinski definition) is 3. The van der Waals surface area contributed by atoms with E-state index in [4.69, 9.17) is 23.2 Å². The highest BCUT2D eigenvalue weighted by atomic mass is 35.5. The van der Waals surface area contributed by atoms with Crippen LogP contribution in [0.15, 0.2) is 42.5 Å². The second-order valence-electron chi connectivity index (χ2n) is 5.62. The van der Waals surface area contributed by atoms with E-state index in [1.807, 2.05) is 19.9 Å². The van der Waals surface area contributed by atoms with Crippen molar-refractivity contribution in [1.82, 2.24) is 4.90 Å². The zero-order valence-corrected chi connectivity index (χ0v) is 16.2. The first kappa shape index (κ1) is 20.1. The van der Waals surface area contributed by atoms with Crippen molar-refractivity contribution in [3.05, 3.63) is 58.1 Å². The monoisotopic (exact) mass is 393 g/mol. The van der Waals surface area contributed by atoms with E-state index in [-0.39, 0.29) is 18.4 Å². The minimum Gasteiger partial charge on any atom is -0.376 e. The number of nitrogens with one attached hydrogen (secondary N) is 2. The van der Waals surface area contributed by atoms with E-state index in [0.29, 0.717) is 40.1 Å². The van der Waals surface area contributed by atoms with Gasteiger partial charge in [0.1, 0.15) is 0 Å². The van der Waals surface area contributed by atoms with Gasteiger partial charge in [-0.3, -0.25) is 9.59 Å². The lowest BCUT2D eigenvalue weighted by molar-refractivity contribution is -0.114. The zero-order valence-electron chi connectivity index (χ0n) is 14.7. The quantitative estimate of drug-likeness (QED) is 0.726. The SMILES string of the molecule is CCN(CC)C(=O)c1cccc(NCC(=O)Nc2cc(Cl)cc(Cl)c2)c1. The summed E-state index contributed by atoms with van der Waals surface area (Å²) in [6.07, 6.45) is 0. The minimum absolute atomic E-state index is 0.0309. The normalized spacial score (nSPS) is 10.3. The number of halogens is 2. The van der Waals surface area contributed by atoms with Crippen LogP contribution in [0.4, 0.5) is 11.4 Å². The van der Waals surface area contributed by atoms with Crippen molar-refractivity contribution in [2.24, 2.45) is 0 Å². The molecule has 0 unspecified atom stereocenters. The van der Waals surface area contributed by atoms with Crippen LogP contribution in [0.25, 0.3) is 0 Å². The average Bonchev–Trinajstić information content (AvgIpc) is 2.60. The van der Waals surface area contributed by atoms with Gasteiger partial charge in [-0.1, -0.05) is 29.3 Å². The van der Waals surface area contributed by atoms with Crippen molar-refractivity contribution in [1.29, 1.82) is 0 Å². The zero-order chi connectivity index (χ0) is 19.1. The number of carbonyl (C=O) groups is 2. The molecule has 0 aliphatic heterocycles. The lowest BCUT2D eigenvalue weighted by Gasteiger charge is -2.19. The van der Waals surface area contributed by atoms with Crippen LogP contribution in [0.5, 0.6) is 0 Å². The Hall–Kier alpha value is -2.24. The molecule has 0 spiro atoms. The Bertz CT molecular complexity index is 772. The van der Waals surface area contributed by atoms with Gasteiger partial charge in [0.15, 0.2) is 0 Å². The van der Waals surface area contributed by atoms with Crippen LogP contribution < -0.4 is 10.6 Å². The maximum atomic E-state index is 12.4. The van der Waals surface area contributed by atoms with E-state index in [1.165, 1.54) is 0 Å². The topological polar surface area (TPSA) is 61.4 Å². The van der Waals surface area contributed by atoms with Crippen LogP contribution in [0.3, 0.4) is 0 Å². The molecule has 2 N–H and O–H groups in total. The second-order valence-corrected chi connectivity index (χ2v) is 6.49. The van der Waals surface area contributed by atoms with Crippen molar-refractivity contribution in [2.45, 2.75) is 13.8 Å². The fourth-order valence-corrected chi connectivity index (χ4v) is 3.00. The summed E-state index contributed by atoms with van der Waals surface area (Å²) in [5.41, 5.74) is 1.81. The molecule has 26 heavy (non-hydrogen) atoms. The third-order valence-electron chi connectivity index (χ3n) is 3.76. The summed E-state index contributed by atoms with van der Waals surface area (Å²) < 4.78 is 0. The molecule has 138 valence electrons. The Morgan fingerprint density at radius 2 is 1.62 bits per heavy atom. The molecule has 5 nitrogen and oxygen atoms in total. The Labute approximate surface area is 163 Å². The first-order chi connectivity index (χ1) is 12.4. The summed E-state index contributed by atoms with van der Waals surface area (Å²) >= 11 is 11.8. The van der Waals surface area contributed by atoms with Crippen molar-refractivity contribution >= 4 is 46.4 Å². The van der Waals surface area contributed by atoms with E-state index in [2.05, 4.69) is 10.6 Å². The van der Waals surface area contributed by atoms with Crippen LogP contribution in [0, 0.1) is 0 Å². The number of amides is 2. The van der Waals surface area contributed by atoms with E-state index >= 15 is 0 Å². The smallest absolute Gasteiger partial charge is 0.253 e. The summed E-state index contributed by atoms with van der Waals surface area (Å²) in [5, 5.41) is 6.63. The number of benzene rings is 2. The van der Waals surface area contributed by atoms with Crippen molar-refractivity contribution < 1.29 is 9.59 Å². The molecule has 0 fully saturated rings. The maximum Gasteiger partial charge on any atom is 0.253 e. The lowest BCUT2D eigenvalue weighted by Crippen LogP contribution is -2.30. The van der Waals surface area contributed by atoms with Gasteiger partial charge in [0.25, 0.3) is 5.91 Å². The van der Waals surface area contributed by atoms with Crippen molar-refractivity contribution in [2.75, 3.05) is 30.3 Å². The van der Waals surface area contributed by atoms with Gasteiger partial charge in [-0.05, 0) is 50.2 Å². The summed E-state index contributed by atoms with van der Waals surface area (Å²) in [6.45, 7) is 5.23. The van der Waals surface area contributed by atoms with Crippen LogP contribution >= 0.6 is 23.2 Å². The third-order valence-corrected chi connectivity index (χ3v) is 4.20. The molecule has 7 heteroatoms. The average molecular weight is 394 g/mol. The Morgan fingerprint density at radius 3 is 2.23 bits per heavy atom. The van der Waals surface area contributed by atoms with E-state index in [9.17, 15) is 9.59 Å². The minimum atomic E-state index is -0.246. The molecule has 0 radical (unpaired) electrons. The predicted octanol–water partition coefficient (Wildman–Crippen LogP) is 4.53. The summed E-state index contributed by atoms with van der Waals surface area (Å²) in [5.74, 6) is -0.277. The Balaban J connectivity index is 1.97. The van der Waals surface area contributed by atoms with E-state index in [0.717, 1.165) is 0 Å². The highest BCUT2D eigenvalue weighted by Gasteiger charge is 2.13. The number of rotatable bonds is 7. The maximum absolute atomic E-state index is 12.4. The van der Waals surface area contributed by atoms with Crippen LogP contribution in [-0.2, 0) is 4.79 Å². The molecule has 0 atom stereocenters. The van der Waals surface area contributed by atoms with Gasteiger partial charge in [-0.25, -0.2) is 0 Å². The van der Waals surface area contributed by atoms with Crippen LogP contribution in [0.2, 0.25) is 10.0 Å². The number of hydrogen-bond donors (Lipinski definition) is 2. The molecular weight excluding hydrogens is 373 g/mol. The van der Waals surface area contributed by atoms with E-state index in [1.54, 1.807) is 41.3 Å². The molecule has 0 aromatic heterocycles. The Morgan fingerprint density at radius 1 is 0.962 bits per heavy atom. The number of carbonyl (C=O) groups excluding carboxylic acids is 2. The van der Waals surface area contributed by atoms with Gasteiger partial charge in [0.05, 0.1) is 6.54 Å². The van der Waals surface area contributed by atoms with Gasteiger partial charge in [-0.15, -0.1) is 0 Å². The molecule has 0 saturated carbocycles. The van der Waals surface area contributed by atoms with Gasteiger partial charge in [-0.2, -0.15) is 0 Å². The molecule has 2 amide bonds. The predicted molar refractivity (Wildman–Crippen MR) is 107 cm³/mol. The van der Waals surface area contributed by atoms with Crippen LogP contribution in [0.1, 0.15) is 24.2 Å². The molecule has 0 bridgehead atoms. The molecule has 0 heterocycles. The highest BCUT2D eigenvalue weighted by Crippen LogP contribution is 2.22. The highest BCUT2D eigenvalue weighted by molar-refractivity contribution is 6.35. The molecular formula is C19H21Cl2N3O2. The van der Waals surface area contributed by atoms with Gasteiger partial charge in [0.2, 0.25) is 5.91 Å². The first-order valence-electron chi connectivity index (χ1n) is 8.32. The summed E-state index contributed by atoms with van der Waals surface area (Å²) in [6, 6.07) is 11.9. The lowest BCUT2D eigenvalue weighted by atomic mass is 10.1. The molecule has 0 saturated heterocycles. The van der Waals surface area contributed by atoms with Crippen molar-refractivity contribution in [3.8, 4) is 0 Å². The van der Waals surface area contributed by atoms with Crippen molar-refractivity contribution in [3.63, 3.8) is 0 Å². The molecule has 2 aromatic rings. The fraction of sp³-hybridized carbons (Fsp3) is 0.263. The summed E-state index contributed by atoms with van der Waals surface area (Å²) in [7, 11) is 0. The third kappa shape index (κ3) is 5.64. The van der Waals surface area contributed by atoms with Gasteiger partial charge in [0, 0.05) is 40.1 Å². The number of nitrogens with zero attached hydrogens (tertiary/aromatic N) is 1. The van der Waals surface area contributed by atoms with E-state index < -0.39 is 0 Å². The largest absolute Gasteiger partial charge is 0.376 e. The number of anilines is 2. The Kier molecular flexibility index (Phi) is 7.30. The molecule has 2 aromatic carbocycles. The van der Waals surface area contributed by atoms with Crippen LogP contribution in [-0.4, -0.2) is 36.3 Å². The fourth-order valence-electron chi connectivity index (χ4n) is 2.47. The molecule has 0 aliphatic carbocycles. The molecule has 2 rings (SSSR count). The second kappa shape index (κ2) is 9.46. The standard InChI is InChI=1S/C19H21Cl2N3O2/c1-3-24(4-2)19(26)13-6-5-7-16(8-13)22-12-18(25)23-17-10-14(20)9-15(21)11-17/h5-11,22H,3-4,12H2,1-2H3,(H,23,25). The van der Waals surface area contributed by atoms with Gasteiger partial charge >= 0.3 is 0 Å².